The molecular weight excluding hydrogens is 296 g/mol. The molecular formula is C13H16N2O5S. The van der Waals surface area contributed by atoms with Crippen LogP contribution in [0.2, 0.25) is 0 Å². The van der Waals surface area contributed by atoms with Crippen molar-refractivity contribution < 1.29 is 18.1 Å². The molecule has 0 unspecified atom stereocenters. The summed E-state index contributed by atoms with van der Waals surface area (Å²) >= 11 is 0. The Balaban J connectivity index is 3.70. The van der Waals surface area contributed by atoms with Crippen molar-refractivity contribution in [2.75, 3.05) is 0 Å². The molecule has 0 amide bonds. The van der Waals surface area contributed by atoms with E-state index in [1.54, 1.807) is 13.8 Å². The van der Waals surface area contributed by atoms with Crippen LogP contribution in [0.5, 0.6) is 0 Å². The number of sulfonamides is 1. The molecule has 0 aliphatic carbocycles. The van der Waals surface area contributed by atoms with E-state index in [1.807, 2.05) is 0 Å². The lowest BCUT2D eigenvalue weighted by atomic mass is 10.0. The molecule has 0 fully saturated rings. The van der Waals surface area contributed by atoms with Gasteiger partial charge in [-0.05, 0) is 20.8 Å². The Morgan fingerprint density at radius 1 is 1.38 bits per heavy atom. The van der Waals surface area contributed by atoms with E-state index in [0.29, 0.717) is 0 Å². The molecule has 0 saturated carbocycles. The number of allylic oxidation sites excluding steroid dienone is 1. The van der Waals surface area contributed by atoms with Crippen molar-refractivity contribution in [2.24, 2.45) is 0 Å². The van der Waals surface area contributed by atoms with Crippen LogP contribution in [0.1, 0.15) is 26.3 Å². The van der Waals surface area contributed by atoms with Gasteiger partial charge in [0, 0.05) is 23.2 Å². The molecule has 7 nitrogen and oxygen atoms in total. The zero-order chi connectivity index (χ0) is 16.4. The number of nitrogens with one attached hydrogen (secondary N) is 1. The minimum atomic E-state index is -4.15. The van der Waals surface area contributed by atoms with Gasteiger partial charge in [-0.25, -0.2) is 13.1 Å². The fourth-order valence-electron chi connectivity index (χ4n) is 1.75. The van der Waals surface area contributed by atoms with Crippen molar-refractivity contribution in [3.8, 4) is 0 Å². The predicted molar refractivity (Wildman–Crippen MR) is 78.3 cm³/mol. The van der Waals surface area contributed by atoms with Crippen LogP contribution in [-0.2, 0) is 14.8 Å². The van der Waals surface area contributed by atoms with Crippen molar-refractivity contribution >= 4 is 27.1 Å². The highest BCUT2D eigenvalue weighted by Crippen LogP contribution is 2.31. The van der Waals surface area contributed by atoms with Crippen LogP contribution < -0.4 is 4.72 Å². The number of hydrogen-bond acceptors (Lipinski definition) is 5. The first kappa shape index (κ1) is 17.0. The highest BCUT2D eigenvalue weighted by molar-refractivity contribution is 7.89. The number of Topliss-reactive ketones (excluding diaryl/α,β-unsaturated/α-hetero) is 1. The second kappa shape index (κ2) is 6.15. The first-order valence-corrected chi connectivity index (χ1v) is 7.56. The van der Waals surface area contributed by atoms with Crippen LogP contribution in [0.15, 0.2) is 29.7 Å². The molecule has 0 saturated heterocycles. The Bertz CT molecular complexity index is 707. The highest BCUT2D eigenvalue weighted by atomic mass is 32.2. The summed E-state index contributed by atoms with van der Waals surface area (Å²) in [5.41, 5.74) is -0.754. The maximum Gasteiger partial charge on any atom is 0.290 e. The third-order valence-corrected chi connectivity index (χ3v) is 4.35. The van der Waals surface area contributed by atoms with E-state index in [0.717, 1.165) is 6.07 Å². The summed E-state index contributed by atoms with van der Waals surface area (Å²) in [4.78, 5) is 21.2. The zero-order valence-corrected chi connectivity index (χ0v) is 12.7. The molecule has 1 aromatic rings. The minimum Gasteiger partial charge on any atom is -0.295 e. The summed E-state index contributed by atoms with van der Waals surface area (Å²) in [7, 11) is -4.15. The fraction of sp³-hybridized carbons (Fsp3) is 0.308. The Morgan fingerprint density at radius 3 is 2.38 bits per heavy atom. The van der Waals surface area contributed by atoms with Crippen LogP contribution in [-0.4, -0.2) is 25.2 Å². The van der Waals surface area contributed by atoms with Gasteiger partial charge in [-0.2, -0.15) is 0 Å². The van der Waals surface area contributed by atoms with E-state index in [2.05, 4.69) is 11.3 Å². The molecule has 0 aliphatic heterocycles. The number of benzene rings is 1. The molecule has 8 heteroatoms. The van der Waals surface area contributed by atoms with E-state index >= 15 is 0 Å². The average Bonchev–Trinajstić information content (AvgIpc) is 2.35. The van der Waals surface area contributed by atoms with Crippen LogP contribution in [0.25, 0.3) is 5.57 Å². The van der Waals surface area contributed by atoms with Crippen LogP contribution >= 0.6 is 0 Å². The Kier molecular flexibility index (Phi) is 4.97. The van der Waals surface area contributed by atoms with Crippen molar-refractivity contribution in [1.29, 1.82) is 0 Å². The van der Waals surface area contributed by atoms with Gasteiger partial charge in [-0.3, -0.25) is 14.9 Å². The SMILES string of the molecule is C=C(C(C)=O)c1cccc([N+](=O)[O-])c1S(=O)(=O)NC(C)C. The summed E-state index contributed by atoms with van der Waals surface area (Å²) < 4.78 is 27.0. The van der Waals surface area contributed by atoms with Gasteiger partial charge < -0.3 is 0 Å². The van der Waals surface area contributed by atoms with E-state index in [1.165, 1.54) is 19.1 Å². The van der Waals surface area contributed by atoms with E-state index in [-0.39, 0.29) is 11.1 Å². The molecule has 0 heterocycles. The minimum absolute atomic E-state index is 0.0650. The Morgan fingerprint density at radius 2 is 1.95 bits per heavy atom. The molecule has 1 aromatic carbocycles. The summed E-state index contributed by atoms with van der Waals surface area (Å²) in [6, 6.07) is 3.26. The number of nitrogens with zero attached hydrogens (tertiary/aromatic N) is 1. The van der Waals surface area contributed by atoms with Crippen molar-refractivity contribution in [2.45, 2.75) is 31.7 Å². The van der Waals surface area contributed by atoms with Crippen LogP contribution in [0.4, 0.5) is 5.69 Å². The van der Waals surface area contributed by atoms with Gasteiger partial charge in [0.05, 0.1) is 4.92 Å². The Labute approximate surface area is 122 Å². The van der Waals surface area contributed by atoms with Crippen molar-refractivity contribution in [3.05, 3.63) is 40.5 Å². The average molecular weight is 312 g/mol. The topological polar surface area (TPSA) is 106 Å². The number of carbonyl (C=O) groups excluding carboxylic acids is 1. The maximum absolute atomic E-state index is 12.3. The zero-order valence-electron chi connectivity index (χ0n) is 11.9. The lowest BCUT2D eigenvalue weighted by Crippen LogP contribution is -2.31. The van der Waals surface area contributed by atoms with Gasteiger partial charge in [0.1, 0.15) is 0 Å². The number of nitro benzene ring substituents is 1. The molecule has 0 radical (unpaired) electrons. The quantitative estimate of drug-likeness (QED) is 0.490. The molecule has 1 rings (SSSR count). The van der Waals surface area contributed by atoms with Gasteiger partial charge >= 0.3 is 0 Å². The predicted octanol–water partition coefficient (Wildman–Crippen LogP) is 1.88. The van der Waals surface area contributed by atoms with Gasteiger partial charge in [0.25, 0.3) is 5.69 Å². The van der Waals surface area contributed by atoms with E-state index < -0.39 is 37.4 Å². The number of ketones is 1. The number of hydrogen-bond donors (Lipinski definition) is 1. The summed E-state index contributed by atoms with van der Waals surface area (Å²) in [5.74, 6) is -0.462. The molecule has 1 N–H and O–H groups in total. The Hall–Kier alpha value is -2.06. The van der Waals surface area contributed by atoms with Crippen LogP contribution in [0.3, 0.4) is 0 Å². The monoisotopic (exact) mass is 312 g/mol. The summed E-state index contributed by atoms with van der Waals surface area (Å²) in [6.07, 6.45) is 0. The van der Waals surface area contributed by atoms with Crippen molar-refractivity contribution in [3.63, 3.8) is 0 Å². The van der Waals surface area contributed by atoms with E-state index in [4.69, 9.17) is 0 Å². The molecule has 21 heavy (non-hydrogen) atoms. The number of nitro groups is 1. The van der Waals surface area contributed by atoms with Gasteiger partial charge in [-0.15, -0.1) is 0 Å². The lowest BCUT2D eigenvalue weighted by Gasteiger charge is -2.14. The summed E-state index contributed by atoms with van der Waals surface area (Å²) in [5, 5.41) is 11.1. The molecule has 0 aromatic heterocycles. The van der Waals surface area contributed by atoms with E-state index in [9.17, 15) is 23.3 Å². The van der Waals surface area contributed by atoms with Crippen molar-refractivity contribution in [1.82, 2.24) is 4.72 Å². The highest BCUT2D eigenvalue weighted by Gasteiger charge is 2.31. The second-order valence-corrected chi connectivity index (χ2v) is 6.37. The normalized spacial score (nSPS) is 11.4. The third-order valence-electron chi connectivity index (χ3n) is 2.60. The number of carbonyl (C=O) groups is 1. The first-order chi connectivity index (χ1) is 9.58. The van der Waals surface area contributed by atoms with Crippen LogP contribution in [0, 0.1) is 10.1 Å². The van der Waals surface area contributed by atoms with Gasteiger partial charge in [-0.1, -0.05) is 18.7 Å². The van der Waals surface area contributed by atoms with Gasteiger partial charge in [0.15, 0.2) is 10.7 Å². The standard InChI is InChI=1S/C13H16N2O5S/c1-8(2)14-21(19,20)13-11(9(3)10(4)16)6-5-7-12(13)15(17)18/h5-8,14H,3H2,1-2,4H3. The second-order valence-electron chi connectivity index (χ2n) is 4.72. The lowest BCUT2D eigenvalue weighted by molar-refractivity contribution is -0.387. The molecule has 114 valence electrons. The molecule has 0 aliphatic rings. The van der Waals surface area contributed by atoms with Gasteiger partial charge in [0.2, 0.25) is 10.0 Å². The first-order valence-electron chi connectivity index (χ1n) is 6.08. The maximum atomic E-state index is 12.3. The molecule has 0 atom stereocenters. The number of rotatable bonds is 6. The molecule has 0 spiro atoms. The smallest absolute Gasteiger partial charge is 0.290 e. The fourth-order valence-corrected chi connectivity index (χ4v) is 3.38. The summed E-state index contributed by atoms with van der Waals surface area (Å²) in [6.45, 7) is 7.91. The largest absolute Gasteiger partial charge is 0.295 e. The molecule has 0 bridgehead atoms. The third kappa shape index (κ3) is 3.73.